The first-order valence-electron chi connectivity index (χ1n) is 8.54. The molecule has 0 bridgehead atoms. The van der Waals surface area contributed by atoms with E-state index in [1.807, 2.05) is 0 Å². The highest BCUT2D eigenvalue weighted by Gasteiger charge is 2.36. The summed E-state index contributed by atoms with van der Waals surface area (Å²) in [5.41, 5.74) is 0.835. The quantitative estimate of drug-likeness (QED) is 0.367. The molecule has 9 heteroatoms. The lowest BCUT2D eigenvalue weighted by Crippen LogP contribution is -2.27. The molecule has 28 heavy (non-hydrogen) atoms. The molecule has 0 aliphatic rings. The van der Waals surface area contributed by atoms with Gasteiger partial charge < -0.3 is 9.47 Å². The van der Waals surface area contributed by atoms with Gasteiger partial charge in [-0.05, 0) is 30.2 Å². The van der Waals surface area contributed by atoms with Crippen molar-refractivity contribution in [2.24, 2.45) is 0 Å². The molecule has 0 aliphatic heterocycles. The molecule has 0 saturated carbocycles. The van der Waals surface area contributed by atoms with Crippen LogP contribution in [0.4, 0.5) is 5.69 Å². The summed E-state index contributed by atoms with van der Waals surface area (Å²) in [6.07, 6.45) is 0. The van der Waals surface area contributed by atoms with Gasteiger partial charge in [0.25, 0.3) is 5.69 Å². The maximum Gasteiger partial charge on any atom is 0.314 e. The number of rotatable bonds is 9. The van der Waals surface area contributed by atoms with E-state index >= 15 is 0 Å². The Labute approximate surface area is 161 Å². The van der Waals surface area contributed by atoms with E-state index in [0.717, 1.165) is 0 Å². The number of carbonyl (C=O) groups excluding carboxylic acids is 1. The lowest BCUT2D eigenvalue weighted by molar-refractivity contribution is -0.483. The van der Waals surface area contributed by atoms with E-state index in [0.29, 0.717) is 16.9 Å². The molecule has 0 radical (unpaired) electrons. The van der Waals surface area contributed by atoms with Crippen LogP contribution in [0.2, 0.25) is 0 Å². The Morgan fingerprint density at radius 2 is 1.57 bits per heavy atom. The SMILES string of the molecule is CCOC(=O)C(c1ccc([N+](=O)[O-])cc1)C(C[N+](=O)[O-])c1ccc(OC)cc1. The molecule has 148 valence electrons. The van der Waals surface area contributed by atoms with Crippen molar-refractivity contribution in [3.8, 4) is 5.75 Å². The predicted molar refractivity (Wildman–Crippen MR) is 100 cm³/mol. The molecule has 2 aromatic carbocycles. The zero-order valence-corrected chi connectivity index (χ0v) is 15.4. The number of nitro groups is 2. The van der Waals surface area contributed by atoms with Gasteiger partial charge in [0, 0.05) is 17.1 Å². The summed E-state index contributed by atoms with van der Waals surface area (Å²) < 4.78 is 10.3. The minimum atomic E-state index is -0.987. The number of methoxy groups -OCH3 is 1. The Morgan fingerprint density at radius 3 is 2.04 bits per heavy atom. The average molecular weight is 388 g/mol. The molecular weight excluding hydrogens is 368 g/mol. The van der Waals surface area contributed by atoms with Gasteiger partial charge in [-0.15, -0.1) is 0 Å². The Bertz CT molecular complexity index is 834. The number of nitro benzene ring substituents is 1. The van der Waals surface area contributed by atoms with Crippen molar-refractivity contribution in [1.29, 1.82) is 0 Å². The highest BCUT2D eigenvalue weighted by atomic mass is 16.6. The zero-order valence-electron chi connectivity index (χ0n) is 15.4. The normalized spacial score (nSPS) is 12.6. The maximum atomic E-state index is 12.7. The summed E-state index contributed by atoms with van der Waals surface area (Å²) in [5, 5.41) is 22.2. The summed E-state index contributed by atoms with van der Waals surface area (Å²) in [6.45, 7) is 1.24. The first-order chi connectivity index (χ1) is 13.4. The molecule has 2 aromatic rings. The number of hydrogen-bond donors (Lipinski definition) is 0. The number of ether oxygens (including phenoxy) is 2. The van der Waals surface area contributed by atoms with E-state index in [1.54, 1.807) is 31.2 Å². The Morgan fingerprint density at radius 1 is 1.00 bits per heavy atom. The van der Waals surface area contributed by atoms with E-state index in [9.17, 15) is 25.0 Å². The number of non-ortho nitro benzene ring substituents is 1. The van der Waals surface area contributed by atoms with Crippen LogP contribution in [0.5, 0.6) is 5.75 Å². The van der Waals surface area contributed by atoms with Crippen LogP contribution in [-0.2, 0) is 9.53 Å². The van der Waals surface area contributed by atoms with Crippen LogP contribution in [0, 0.1) is 20.2 Å². The monoisotopic (exact) mass is 388 g/mol. The van der Waals surface area contributed by atoms with Crippen LogP contribution in [0.1, 0.15) is 29.9 Å². The highest BCUT2D eigenvalue weighted by molar-refractivity contribution is 5.79. The molecule has 2 unspecified atom stereocenters. The Balaban J connectivity index is 2.52. The topological polar surface area (TPSA) is 122 Å². The van der Waals surface area contributed by atoms with E-state index in [1.165, 1.54) is 31.4 Å². The van der Waals surface area contributed by atoms with E-state index in [-0.39, 0.29) is 12.3 Å². The van der Waals surface area contributed by atoms with Gasteiger partial charge in [-0.2, -0.15) is 0 Å². The van der Waals surface area contributed by atoms with Crippen LogP contribution in [-0.4, -0.2) is 36.1 Å². The van der Waals surface area contributed by atoms with Gasteiger partial charge in [-0.1, -0.05) is 24.3 Å². The van der Waals surface area contributed by atoms with Gasteiger partial charge in [0.15, 0.2) is 0 Å². The molecule has 0 heterocycles. The third kappa shape index (κ3) is 5.03. The molecule has 0 amide bonds. The molecule has 0 spiro atoms. The molecule has 2 rings (SSSR count). The van der Waals surface area contributed by atoms with Gasteiger partial charge in [-0.3, -0.25) is 25.0 Å². The minimum Gasteiger partial charge on any atom is -0.497 e. The number of benzene rings is 2. The summed E-state index contributed by atoms with van der Waals surface area (Å²) in [5.74, 6) is -1.85. The molecule has 0 saturated heterocycles. The third-order valence-electron chi connectivity index (χ3n) is 4.30. The zero-order chi connectivity index (χ0) is 20.7. The molecule has 0 aromatic heterocycles. The number of esters is 1. The predicted octanol–water partition coefficient (Wildman–Crippen LogP) is 3.31. The van der Waals surface area contributed by atoms with E-state index < -0.39 is 34.2 Å². The summed E-state index contributed by atoms with van der Waals surface area (Å²) in [6, 6.07) is 12.0. The van der Waals surface area contributed by atoms with Crippen molar-refractivity contribution in [2.45, 2.75) is 18.8 Å². The van der Waals surface area contributed by atoms with Gasteiger partial charge >= 0.3 is 5.97 Å². The van der Waals surface area contributed by atoms with Crippen LogP contribution in [0.3, 0.4) is 0 Å². The molecule has 0 aliphatic carbocycles. The number of nitrogens with zero attached hydrogens (tertiary/aromatic N) is 2. The molecular formula is C19H20N2O7. The Hall–Kier alpha value is -3.49. The standard InChI is InChI=1S/C19H20N2O7/c1-3-28-19(22)18(14-4-8-15(9-5-14)21(25)26)17(12-20(23)24)13-6-10-16(27-2)11-7-13/h4-11,17-18H,3,12H2,1-2H3. The van der Waals surface area contributed by atoms with Crippen molar-refractivity contribution < 1.29 is 24.1 Å². The van der Waals surface area contributed by atoms with Gasteiger partial charge in [0.05, 0.1) is 30.5 Å². The average Bonchev–Trinajstić information content (AvgIpc) is 2.68. The van der Waals surface area contributed by atoms with Crippen LogP contribution in [0.15, 0.2) is 48.5 Å². The van der Waals surface area contributed by atoms with E-state index in [4.69, 9.17) is 9.47 Å². The molecule has 0 fully saturated rings. The fraction of sp³-hybridized carbons (Fsp3) is 0.316. The van der Waals surface area contributed by atoms with Crippen molar-refractivity contribution in [1.82, 2.24) is 0 Å². The fourth-order valence-electron chi connectivity index (χ4n) is 2.98. The minimum absolute atomic E-state index is 0.107. The van der Waals surface area contributed by atoms with Crippen molar-refractivity contribution in [3.63, 3.8) is 0 Å². The largest absolute Gasteiger partial charge is 0.497 e. The lowest BCUT2D eigenvalue weighted by Gasteiger charge is -2.24. The molecule has 2 atom stereocenters. The van der Waals surface area contributed by atoms with Gasteiger partial charge in [0.2, 0.25) is 6.54 Å². The van der Waals surface area contributed by atoms with Crippen LogP contribution < -0.4 is 4.74 Å². The first kappa shape index (κ1) is 20.8. The van der Waals surface area contributed by atoms with E-state index in [2.05, 4.69) is 0 Å². The fourth-order valence-corrected chi connectivity index (χ4v) is 2.98. The second kappa shape index (κ2) is 9.45. The Kier molecular flexibility index (Phi) is 7.02. The smallest absolute Gasteiger partial charge is 0.314 e. The van der Waals surface area contributed by atoms with Crippen LogP contribution >= 0.6 is 0 Å². The number of carbonyl (C=O) groups is 1. The molecule has 0 N–H and O–H groups in total. The summed E-state index contributed by atoms with van der Waals surface area (Å²) >= 11 is 0. The second-order valence-electron chi connectivity index (χ2n) is 5.97. The van der Waals surface area contributed by atoms with Crippen LogP contribution in [0.25, 0.3) is 0 Å². The lowest BCUT2D eigenvalue weighted by atomic mass is 9.81. The summed E-state index contributed by atoms with van der Waals surface area (Å²) in [7, 11) is 1.50. The summed E-state index contributed by atoms with van der Waals surface area (Å²) in [4.78, 5) is 33.8. The third-order valence-corrected chi connectivity index (χ3v) is 4.30. The first-order valence-corrected chi connectivity index (χ1v) is 8.54. The second-order valence-corrected chi connectivity index (χ2v) is 5.97. The van der Waals surface area contributed by atoms with Crippen molar-refractivity contribution >= 4 is 11.7 Å². The van der Waals surface area contributed by atoms with Crippen molar-refractivity contribution in [3.05, 3.63) is 79.9 Å². The van der Waals surface area contributed by atoms with Crippen molar-refractivity contribution in [2.75, 3.05) is 20.3 Å². The maximum absolute atomic E-state index is 12.7. The highest BCUT2D eigenvalue weighted by Crippen LogP contribution is 2.36. The van der Waals surface area contributed by atoms with Gasteiger partial charge in [0.1, 0.15) is 5.75 Å². The molecule has 9 nitrogen and oxygen atoms in total. The number of hydrogen-bond acceptors (Lipinski definition) is 7. The van der Waals surface area contributed by atoms with Gasteiger partial charge in [-0.25, -0.2) is 0 Å².